The molecule has 11 rings (SSSR count). The van der Waals surface area contributed by atoms with E-state index in [1.807, 2.05) is 0 Å². The van der Waals surface area contributed by atoms with E-state index in [0.29, 0.717) is 0 Å². The second-order valence-corrected chi connectivity index (χ2v) is 11.7. The van der Waals surface area contributed by atoms with E-state index < -0.39 is 166 Å². The third-order valence-corrected chi connectivity index (χ3v) is 9.07. The lowest BCUT2D eigenvalue weighted by atomic mass is 10.00. The maximum atomic E-state index is 10.2. The van der Waals surface area contributed by atoms with Gasteiger partial charge >= 0.3 is 0 Å². The molecule has 238 valence electrons. The molecular weight excluding hydrogens is 619 g/mol. The summed E-state index contributed by atoms with van der Waals surface area (Å²) >= 11 is 0. The standard InChI is InChI=1S/C48H31N3/c1-3-15-33(16-4-1)49-43-26-12-9-21-39(43)47-45(49)27-14-28-46(47)51-42-25-11-8-20-37(42)40-31-32(29-30-44(40)51)35-22-13-23-38-36-19-7-10-24-41(36)50(48(35)38)34-17-5-2-6-18-34/h1-31H/i7D,8D,9D,10D,11D,12D,13D,14D,19D,20D,21D,22D,23D,24D,25D,26D,27D,28D,29D,30D,31D. The molecule has 11 aromatic rings. The van der Waals surface area contributed by atoms with E-state index in [1.54, 1.807) is 60.7 Å². The molecule has 8 aromatic carbocycles. The van der Waals surface area contributed by atoms with Crippen molar-refractivity contribution >= 4 is 65.4 Å². The predicted octanol–water partition coefficient (Wildman–Crippen LogP) is 12.6. The molecule has 51 heavy (non-hydrogen) atoms. The molecule has 3 aromatic heterocycles. The van der Waals surface area contributed by atoms with Crippen molar-refractivity contribution in [1.82, 2.24) is 13.7 Å². The van der Waals surface area contributed by atoms with Crippen LogP contribution in [0, 0.1) is 0 Å². The maximum Gasteiger partial charge on any atom is 0.0645 e. The normalized spacial score (nSPS) is 17.7. The first-order valence-corrected chi connectivity index (χ1v) is 15.8. The average Bonchev–Trinajstić information content (AvgIpc) is 4.05. The molecular formula is C48H31N3. The minimum absolute atomic E-state index is 0.165. The summed E-state index contributed by atoms with van der Waals surface area (Å²) in [6, 6.07) is 1.37. The van der Waals surface area contributed by atoms with Gasteiger partial charge < -0.3 is 13.7 Å². The number of nitrogens with zero attached hydrogens (tertiary/aromatic N) is 3. The topological polar surface area (TPSA) is 14.8 Å². The van der Waals surface area contributed by atoms with Crippen LogP contribution in [0.15, 0.2) is 188 Å². The monoisotopic (exact) mass is 670 g/mol. The fourth-order valence-electron chi connectivity index (χ4n) is 7.01. The summed E-state index contributed by atoms with van der Waals surface area (Å²) < 4.78 is 198. The van der Waals surface area contributed by atoms with Crippen LogP contribution in [-0.4, -0.2) is 13.7 Å². The predicted molar refractivity (Wildman–Crippen MR) is 215 cm³/mol. The first-order valence-electron chi connectivity index (χ1n) is 26.3. The van der Waals surface area contributed by atoms with Crippen LogP contribution in [0.25, 0.3) is 93.6 Å². The quantitative estimate of drug-likeness (QED) is 0.177. The summed E-state index contributed by atoms with van der Waals surface area (Å²) in [5.74, 6) is 0. The van der Waals surface area contributed by atoms with Gasteiger partial charge in [-0.3, -0.25) is 0 Å². The Morgan fingerprint density at radius 2 is 0.902 bits per heavy atom. The zero-order valence-corrected chi connectivity index (χ0v) is 26.1. The van der Waals surface area contributed by atoms with Gasteiger partial charge in [0.2, 0.25) is 0 Å². The number of rotatable bonds is 4. The summed E-state index contributed by atoms with van der Waals surface area (Å²) in [4.78, 5) is 0. The Morgan fingerprint density at radius 3 is 1.63 bits per heavy atom. The van der Waals surface area contributed by atoms with Crippen LogP contribution >= 0.6 is 0 Å². The maximum absolute atomic E-state index is 10.2. The van der Waals surface area contributed by atoms with Crippen molar-refractivity contribution in [2.24, 2.45) is 0 Å². The van der Waals surface area contributed by atoms with Crippen LogP contribution in [0.3, 0.4) is 0 Å². The SMILES string of the molecule is [2H]c1c([2H])c([2H])c2c(c1[2H])c1c(-n3c4c([2H])c([2H])c([2H])c([2H])c4c4c([2H])c(-c5c([2H])c([2H])c([2H])c6c7c([2H])c([2H])c([2H])c([2H])c7n(-c7ccccc7)c56)c([2H])c([2H])c43)c([2H])c([2H])c([2H])c1n2-c1ccccc1. The van der Waals surface area contributed by atoms with E-state index in [9.17, 15) is 15.1 Å². The Labute approximate surface area is 324 Å². The van der Waals surface area contributed by atoms with E-state index in [4.69, 9.17) is 13.7 Å². The molecule has 0 saturated carbocycles. The van der Waals surface area contributed by atoms with E-state index in [1.165, 1.54) is 9.13 Å². The van der Waals surface area contributed by atoms with E-state index in [2.05, 4.69) is 0 Å². The molecule has 0 aliphatic carbocycles. The fourth-order valence-corrected chi connectivity index (χ4v) is 7.01. The van der Waals surface area contributed by atoms with E-state index in [-0.39, 0.29) is 55.0 Å². The number of benzene rings is 8. The summed E-state index contributed by atoms with van der Waals surface area (Å²) in [6.45, 7) is 0. The lowest BCUT2D eigenvalue weighted by Crippen LogP contribution is -1.96. The van der Waals surface area contributed by atoms with Crippen molar-refractivity contribution in [1.29, 1.82) is 0 Å². The van der Waals surface area contributed by atoms with Gasteiger partial charge in [-0.15, -0.1) is 0 Å². The van der Waals surface area contributed by atoms with Gasteiger partial charge in [0.25, 0.3) is 0 Å². The largest absolute Gasteiger partial charge is 0.309 e. The number of fused-ring (bicyclic) bond motifs is 9. The zero-order chi connectivity index (χ0) is 51.7. The Kier molecular flexibility index (Phi) is 3.09. The van der Waals surface area contributed by atoms with Crippen LogP contribution in [-0.2, 0) is 0 Å². The summed E-state index contributed by atoms with van der Waals surface area (Å²) in [5, 5.41) is -1.85. The van der Waals surface area contributed by atoms with Gasteiger partial charge in [-0.05, 0) is 72.1 Å². The van der Waals surface area contributed by atoms with Crippen LogP contribution in [0.5, 0.6) is 0 Å². The van der Waals surface area contributed by atoms with Gasteiger partial charge in [0.15, 0.2) is 0 Å². The van der Waals surface area contributed by atoms with Gasteiger partial charge in [-0.1, -0.05) is 121 Å². The average molecular weight is 671 g/mol. The molecule has 3 nitrogen and oxygen atoms in total. The highest BCUT2D eigenvalue weighted by atomic mass is 15.0. The number of aromatic nitrogens is 3. The van der Waals surface area contributed by atoms with Crippen LogP contribution in [0.4, 0.5) is 0 Å². The minimum atomic E-state index is -0.845. The number of hydrogen-bond donors (Lipinski definition) is 0. The van der Waals surface area contributed by atoms with Crippen LogP contribution in [0.1, 0.15) is 28.8 Å². The Hall–Kier alpha value is -6.84. The Bertz CT molecular complexity index is 4330. The smallest absolute Gasteiger partial charge is 0.0645 e. The molecule has 0 amide bonds. The third kappa shape index (κ3) is 4.00. The molecule has 0 spiro atoms. The Balaban J connectivity index is 1.43. The molecule has 0 N–H and O–H groups in total. The second-order valence-electron chi connectivity index (χ2n) is 11.7. The first kappa shape index (κ1) is 14.6. The molecule has 3 heteroatoms. The fraction of sp³-hybridized carbons (Fsp3) is 0. The molecule has 0 aliphatic rings. The van der Waals surface area contributed by atoms with Crippen molar-refractivity contribution in [3.05, 3.63) is 188 Å². The van der Waals surface area contributed by atoms with Gasteiger partial charge in [-0.2, -0.15) is 0 Å². The van der Waals surface area contributed by atoms with Crippen molar-refractivity contribution in [2.75, 3.05) is 0 Å². The molecule has 0 unspecified atom stereocenters. The molecule has 0 radical (unpaired) electrons. The number of hydrogen-bond acceptors (Lipinski definition) is 0. The third-order valence-electron chi connectivity index (χ3n) is 9.07. The highest BCUT2D eigenvalue weighted by molar-refractivity contribution is 6.18. The van der Waals surface area contributed by atoms with Crippen molar-refractivity contribution in [2.45, 2.75) is 0 Å². The van der Waals surface area contributed by atoms with Crippen molar-refractivity contribution in [3.8, 4) is 28.2 Å². The summed E-state index contributed by atoms with van der Waals surface area (Å²) in [5.41, 5.74) is -2.69. The van der Waals surface area contributed by atoms with Gasteiger partial charge in [0, 0.05) is 49.3 Å². The first-order chi connectivity index (χ1) is 34.1. The summed E-state index contributed by atoms with van der Waals surface area (Å²) in [6.07, 6.45) is 0. The highest BCUT2D eigenvalue weighted by Gasteiger charge is 2.21. The molecule has 0 aliphatic heterocycles. The van der Waals surface area contributed by atoms with Gasteiger partial charge in [-0.25, -0.2) is 0 Å². The highest BCUT2D eigenvalue weighted by Crippen LogP contribution is 2.43. The molecule has 0 saturated heterocycles. The summed E-state index contributed by atoms with van der Waals surface area (Å²) in [7, 11) is 0. The Morgan fingerprint density at radius 1 is 0.373 bits per heavy atom. The minimum Gasteiger partial charge on any atom is -0.309 e. The lowest BCUT2D eigenvalue weighted by Gasteiger charge is -2.13. The molecule has 0 bridgehead atoms. The van der Waals surface area contributed by atoms with Crippen molar-refractivity contribution < 1.29 is 28.8 Å². The van der Waals surface area contributed by atoms with Crippen molar-refractivity contribution in [3.63, 3.8) is 0 Å². The van der Waals surface area contributed by atoms with Crippen LogP contribution < -0.4 is 0 Å². The van der Waals surface area contributed by atoms with E-state index >= 15 is 0 Å². The van der Waals surface area contributed by atoms with Gasteiger partial charge in [0.05, 0.1) is 67.6 Å². The van der Waals surface area contributed by atoms with Gasteiger partial charge in [0.1, 0.15) is 0 Å². The lowest BCUT2D eigenvalue weighted by molar-refractivity contribution is 1.17. The zero-order valence-electron chi connectivity index (χ0n) is 47.1. The van der Waals surface area contributed by atoms with E-state index in [0.717, 1.165) is 4.57 Å². The molecule has 3 heterocycles. The van der Waals surface area contributed by atoms with Crippen LogP contribution in [0.2, 0.25) is 0 Å². The molecule has 0 atom stereocenters. The molecule has 0 fully saturated rings. The second kappa shape index (κ2) is 10.8. The number of para-hydroxylation sites is 6.